The number of thiophene rings is 1. The third kappa shape index (κ3) is 11.5. The normalized spacial score (nSPS) is 14.3. The molecule has 2 aromatic rings. The van der Waals surface area contributed by atoms with Crippen molar-refractivity contribution in [1.82, 2.24) is 0 Å². The third-order valence-corrected chi connectivity index (χ3v) is 4.66. The molecule has 1 heterocycles. The molecule has 1 aromatic carbocycles. The zero-order valence-electron chi connectivity index (χ0n) is 11.4. The molecule has 0 saturated heterocycles. The van der Waals surface area contributed by atoms with Crippen molar-refractivity contribution >= 4 is 49.3 Å². The average molecular weight is 412 g/mol. The van der Waals surface area contributed by atoms with Gasteiger partial charge in [-0.2, -0.15) is 0 Å². The molecule has 0 saturated carbocycles. The predicted molar refractivity (Wildman–Crippen MR) is 86.9 cm³/mol. The van der Waals surface area contributed by atoms with Crippen molar-refractivity contribution in [3.8, 4) is 0 Å². The fraction of sp³-hybridized carbons (Fsp3) is 0.0833. The Balaban J connectivity index is 0.000000322. The van der Waals surface area contributed by atoms with E-state index >= 15 is 0 Å². The van der Waals surface area contributed by atoms with Crippen LogP contribution in [0, 0.1) is 0 Å². The van der Waals surface area contributed by atoms with Gasteiger partial charge in [-0.3, -0.25) is 4.79 Å². The average Bonchev–Trinajstić information content (AvgIpc) is 2.77. The molecular weight excluding hydrogens is 401 g/mol. The molecule has 0 aliphatic carbocycles. The molecule has 11 heteroatoms. The summed E-state index contributed by atoms with van der Waals surface area (Å²) >= 11 is 6.67. The standard InChI is InChI=1S/C12H10OS3.F6P/c1-8(13)11-6-7-12(16-11)15-10-4-2-9(14)3-5-10;1-7(2,3,4,5)6/h2-7,14H,1H3;/q;-1/p+1. The number of hydrogen-bond acceptors (Lipinski definition) is 3. The molecule has 0 radical (unpaired) electrons. The van der Waals surface area contributed by atoms with Crippen molar-refractivity contribution in [1.29, 1.82) is 0 Å². The quantitative estimate of drug-likeness (QED) is 0.237. The van der Waals surface area contributed by atoms with Crippen LogP contribution in [0.5, 0.6) is 0 Å². The Labute approximate surface area is 141 Å². The number of benzene rings is 1. The summed E-state index contributed by atoms with van der Waals surface area (Å²) in [5.41, 5.74) is 0. The second kappa shape index (κ2) is 6.31. The van der Waals surface area contributed by atoms with Gasteiger partial charge in [-0.1, -0.05) is 11.8 Å². The van der Waals surface area contributed by atoms with Crippen LogP contribution in [0.2, 0.25) is 0 Å². The van der Waals surface area contributed by atoms with Gasteiger partial charge in [0.15, 0.2) is 5.78 Å². The summed E-state index contributed by atoms with van der Waals surface area (Å²) in [7, 11) is -10.7. The van der Waals surface area contributed by atoms with E-state index in [4.69, 9.17) is 0 Å². The zero-order valence-corrected chi connectivity index (χ0v) is 14.9. The van der Waals surface area contributed by atoms with Crippen LogP contribution in [0.1, 0.15) is 16.6 Å². The number of carbonyl (C=O) groups excluding carboxylic acids is 1. The molecule has 0 aliphatic rings. The topological polar surface area (TPSA) is 17.1 Å². The van der Waals surface area contributed by atoms with E-state index in [9.17, 15) is 30.0 Å². The van der Waals surface area contributed by atoms with Crippen LogP contribution in [0.15, 0.2) is 50.4 Å². The molecule has 0 unspecified atom stereocenters. The van der Waals surface area contributed by atoms with Crippen molar-refractivity contribution in [2.75, 3.05) is 0 Å². The van der Waals surface area contributed by atoms with E-state index in [2.05, 4.69) is 24.8 Å². The van der Waals surface area contributed by atoms with E-state index in [0.717, 1.165) is 14.0 Å². The summed E-state index contributed by atoms with van der Waals surface area (Å²) in [4.78, 5) is 14.2. The Kier molecular flexibility index (Phi) is 5.58. The Bertz CT molecular complexity index is 682. The Morgan fingerprint density at radius 2 is 1.48 bits per heavy atom. The molecule has 1 nitrogen and oxygen atoms in total. The SMILES string of the molecule is CC(=O)c1ccc(Sc2ccc([SH2+])cc2)s1.F[P-](F)(F)(F)(F)F. The predicted octanol–water partition coefficient (Wildman–Crippen LogP) is 6.85. The monoisotopic (exact) mass is 412 g/mol. The van der Waals surface area contributed by atoms with Gasteiger partial charge in [0.25, 0.3) is 0 Å². The van der Waals surface area contributed by atoms with Gasteiger partial charge in [0.2, 0.25) is 0 Å². The summed E-state index contributed by atoms with van der Waals surface area (Å²) in [5, 5.41) is 0. The van der Waals surface area contributed by atoms with E-state index in [1.54, 1.807) is 30.0 Å². The van der Waals surface area contributed by atoms with Gasteiger partial charge in [0.1, 0.15) is 4.90 Å². The Morgan fingerprint density at radius 1 is 1.00 bits per heavy atom. The van der Waals surface area contributed by atoms with Crippen molar-refractivity contribution < 1.29 is 30.0 Å². The molecular formula is C12H11F6OPS3. The number of Topliss-reactive ketones (excluding diaryl/α,β-unsaturated/α-hetero) is 1. The van der Waals surface area contributed by atoms with Gasteiger partial charge in [-0.05, 0) is 56.0 Å². The number of rotatable bonds is 3. The molecule has 0 aliphatic heterocycles. The molecule has 0 spiro atoms. The molecule has 0 N–H and O–H groups in total. The molecule has 1 aromatic heterocycles. The van der Waals surface area contributed by atoms with Crippen LogP contribution in [0.25, 0.3) is 0 Å². The molecule has 130 valence electrons. The van der Waals surface area contributed by atoms with Crippen LogP contribution in [0.4, 0.5) is 25.2 Å². The van der Waals surface area contributed by atoms with Crippen LogP contribution in [-0.4, -0.2) is 5.78 Å². The number of hydrogen-bond donors (Lipinski definition) is 0. The second-order valence-corrected chi connectivity index (χ2v) is 9.21. The van der Waals surface area contributed by atoms with E-state index in [0.29, 0.717) is 0 Å². The van der Waals surface area contributed by atoms with E-state index in [-0.39, 0.29) is 5.78 Å². The Morgan fingerprint density at radius 3 is 1.87 bits per heavy atom. The fourth-order valence-corrected chi connectivity index (χ4v) is 3.37. The van der Waals surface area contributed by atoms with Crippen LogP contribution in [0.3, 0.4) is 0 Å². The number of halogens is 6. The minimum atomic E-state index is -10.7. The molecule has 2 rings (SSSR count). The number of ketones is 1. The Hall–Kier alpha value is -0.700. The van der Waals surface area contributed by atoms with Crippen molar-refractivity contribution in [2.24, 2.45) is 0 Å². The third-order valence-electron chi connectivity index (χ3n) is 2.00. The summed E-state index contributed by atoms with van der Waals surface area (Å²) in [6.07, 6.45) is 0. The second-order valence-electron chi connectivity index (χ2n) is 4.26. The van der Waals surface area contributed by atoms with Gasteiger partial charge in [-0.25, -0.2) is 0 Å². The van der Waals surface area contributed by atoms with Gasteiger partial charge in [0.05, 0.1) is 9.09 Å². The molecule has 0 fully saturated rings. The first-order chi connectivity index (χ1) is 10.1. The zero-order chi connectivity index (χ0) is 18.0. The van der Waals surface area contributed by atoms with Crippen molar-refractivity contribution in [2.45, 2.75) is 20.9 Å². The van der Waals surface area contributed by atoms with Crippen LogP contribution in [-0.2, 0) is 12.6 Å². The minimum absolute atomic E-state index is 0.132. The maximum atomic E-state index is 11.2. The first-order valence-corrected chi connectivity index (χ1v) is 9.93. The summed E-state index contributed by atoms with van der Waals surface area (Å²) < 4.78 is 60.3. The van der Waals surface area contributed by atoms with E-state index in [1.807, 2.05) is 24.3 Å². The van der Waals surface area contributed by atoms with Crippen LogP contribution >= 0.6 is 30.9 Å². The van der Waals surface area contributed by atoms with Crippen molar-refractivity contribution in [3.05, 3.63) is 41.3 Å². The molecule has 0 bridgehead atoms. The van der Waals surface area contributed by atoms with Crippen LogP contribution < -0.4 is 0 Å². The number of carbonyl (C=O) groups is 1. The first-order valence-electron chi connectivity index (χ1n) is 5.77. The molecule has 23 heavy (non-hydrogen) atoms. The first kappa shape index (κ1) is 20.3. The molecule has 0 amide bonds. The fourth-order valence-electron chi connectivity index (χ4n) is 1.20. The van der Waals surface area contributed by atoms with Gasteiger partial charge in [-0.15, -0.1) is 11.3 Å². The summed E-state index contributed by atoms with van der Waals surface area (Å²) in [5.74, 6) is 0.132. The summed E-state index contributed by atoms with van der Waals surface area (Å²) in [6.45, 7) is 1.60. The van der Waals surface area contributed by atoms with Gasteiger partial charge >= 0.3 is 33.0 Å². The molecule has 0 atom stereocenters. The van der Waals surface area contributed by atoms with Gasteiger partial charge < -0.3 is 0 Å². The summed E-state index contributed by atoms with van der Waals surface area (Å²) in [6, 6.07) is 12.0. The van der Waals surface area contributed by atoms with E-state index < -0.39 is 7.81 Å². The maximum absolute atomic E-state index is 11.2. The van der Waals surface area contributed by atoms with Gasteiger partial charge in [0, 0.05) is 4.90 Å². The van der Waals surface area contributed by atoms with Crippen molar-refractivity contribution in [3.63, 3.8) is 0 Å². The van der Waals surface area contributed by atoms with E-state index in [1.165, 1.54) is 4.90 Å².